The van der Waals surface area contributed by atoms with Crippen LogP contribution in [0.4, 0.5) is 0 Å². The van der Waals surface area contributed by atoms with E-state index in [0.717, 1.165) is 12.0 Å². The Morgan fingerprint density at radius 1 is 1.47 bits per heavy atom. The Kier molecular flexibility index (Phi) is 2.74. The molecular formula is C12H16N2S. The summed E-state index contributed by atoms with van der Waals surface area (Å²) in [5, 5.41) is 8.60. The summed E-state index contributed by atoms with van der Waals surface area (Å²) >= 11 is 1.94. The second kappa shape index (κ2) is 3.89. The number of hydrogen-bond acceptors (Lipinski definition) is 2. The molecule has 2 nitrogen and oxygen atoms in total. The Morgan fingerprint density at radius 3 is 2.87 bits per heavy atom. The van der Waals surface area contributed by atoms with Gasteiger partial charge in [-0.3, -0.25) is 5.41 Å². The normalized spacial score (nSPS) is 18.7. The predicted octanol–water partition coefficient (Wildman–Crippen LogP) is 2.61. The lowest BCUT2D eigenvalue weighted by molar-refractivity contribution is 0.619. The highest BCUT2D eigenvalue weighted by Gasteiger charge is 2.19. The summed E-state index contributed by atoms with van der Waals surface area (Å²) in [6, 6.07) is 6.36. The van der Waals surface area contributed by atoms with Crippen LogP contribution in [0.1, 0.15) is 18.1 Å². The molecule has 1 N–H and O–H groups in total. The number of benzene rings is 1. The third-order valence-corrected chi connectivity index (χ3v) is 3.84. The van der Waals surface area contributed by atoms with Gasteiger partial charge in [0.2, 0.25) is 0 Å². The fraction of sp³-hybridized carbons (Fsp3) is 0.417. The molecule has 0 amide bonds. The van der Waals surface area contributed by atoms with Crippen LogP contribution in [0.5, 0.6) is 0 Å². The van der Waals surface area contributed by atoms with E-state index in [2.05, 4.69) is 19.1 Å². The van der Waals surface area contributed by atoms with Gasteiger partial charge in [-0.15, -0.1) is 11.8 Å². The van der Waals surface area contributed by atoms with Crippen molar-refractivity contribution in [1.82, 2.24) is 4.90 Å². The van der Waals surface area contributed by atoms with Gasteiger partial charge in [0.05, 0.1) is 0 Å². The van der Waals surface area contributed by atoms with Crippen molar-refractivity contribution in [2.75, 3.05) is 14.1 Å². The molecule has 15 heavy (non-hydrogen) atoms. The maximum atomic E-state index is 7.92. The van der Waals surface area contributed by atoms with Crippen molar-refractivity contribution in [1.29, 1.82) is 5.41 Å². The monoisotopic (exact) mass is 220 g/mol. The van der Waals surface area contributed by atoms with Crippen LogP contribution in [0.25, 0.3) is 0 Å². The van der Waals surface area contributed by atoms with E-state index in [1.54, 1.807) is 0 Å². The molecule has 0 fully saturated rings. The minimum atomic E-state index is 0.586. The molecule has 1 aromatic carbocycles. The van der Waals surface area contributed by atoms with Gasteiger partial charge in [-0.1, -0.05) is 13.0 Å². The van der Waals surface area contributed by atoms with Gasteiger partial charge in [0.25, 0.3) is 0 Å². The topological polar surface area (TPSA) is 27.1 Å². The van der Waals surface area contributed by atoms with E-state index in [1.807, 2.05) is 36.8 Å². The number of rotatable bonds is 1. The Bertz CT molecular complexity index is 399. The number of hydrogen-bond donors (Lipinski definition) is 1. The van der Waals surface area contributed by atoms with E-state index in [-0.39, 0.29) is 0 Å². The SMILES string of the molecule is CC1Cc2cc(C(=N)N(C)C)ccc2S1. The van der Waals surface area contributed by atoms with Gasteiger partial charge in [-0.2, -0.15) is 0 Å². The summed E-state index contributed by atoms with van der Waals surface area (Å²) in [4.78, 5) is 3.23. The quantitative estimate of drug-likeness (QED) is 0.582. The predicted molar refractivity (Wildman–Crippen MR) is 66.0 cm³/mol. The van der Waals surface area contributed by atoms with E-state index in [9.17, 15) is 0 Å². The van der Waals surface area contributed by atoms with Crippen molar-refractivity contribution in [3.05, 3.63) is 29.3 Å². The van der Waals surface area contributed by atoms with Crippen molar-refractivity contribution in [3.8, 4) is 0 Å². The van der Waals surface area contributed by atoms with Crippen LogP contribution in [-0.2, 0) is 6.42 Å². The molecule has 1 aliphatic rings. The molecule has 1 atom stereocenters. The molecule has 0 saturated heterocycles. The van der Waals surface area contributed by atoms with Crippen LogP contribution in [0.3, 0.4) is 0 Å². The molecule has 0 bridgehead atoms. The summed E-state index contributed by atoms with van der Waals surface area (Å²) in [5.74, 6) is 0.586. The Labute approximate surface area is 95.2 Å². The lowest BCUT2D eigenvalue weighted by Gasteiger charge is -2.14. The zero-order valence-electron chi connectivity index (χ0n) is 9.37. The second-order valence-electron chi connectivity index (χ2n) is 4.20. The largest absolute Gasteiger partial charge is 0.363 e. The molecule has 0 aromatic heterocycles. The minimum absolute atomic E-state index is 0.586. The molecular weight excluding hydrogens is 204 g/mol. The lowest BCUT2D eigenvalue weighted by Crippen LogP contribution is -2.21. The number of nitrogens with zero attached hydrogens (tertiary/aromatic N) is 1. The average Bonchev–Trinajstić information content (AvgIpc) is 2.55. The molecule has 1 heterocycles. The van der Waals surface area contributed by atoms with Crippen molar-refractivity contribution >= 4 is 17.6 Å². The lowest BCUT2D eigenvalue weighted by atomic mass is 10.1. The summed E-state index contributed by atoms with van der Waals surface area (Å²) in [6.45, 7) is 2.25. The first-order valence-corrected chi connectivity index (χ1v) is 6.01. The van der Waals surface area contributed by atoms with Gasteiger partial charge in [0.1, 0.15) is 5.84 Å². The highest BCUT2D eigenvalue weighted by Crippen LogP contribution is 2.37. The molecule has 3 heteroatoms. The Balaban J connectivity index is 2.31. The van der Waals surface area contributed by atoms with E-state index < -0.39 is 0 Å². The Hall–Kier alpha value is -0.960. The van der Waals surface area contributed by atoms with Crippen molar-refractivity contribution in [2.24, 2.45) is 0 Å². The van der Waals surface area contributed by atoms with Crippen molar-refractivity contribution < 1.29 is 0 Å². The van der Waals surface area contributed by atoms with Crippen LogP contribution >= 0.6 is 11.8 Å². The van der Waals surface area contributed by atoms with Gasteiger partial charge in [-0.25, -0.2) is 0 Å². The first-order valence-electron chi connectivity index (χ1n) is 5.14. The smallest absolute Gasteiger partial charge is 0.127 e. The summed E-state index contributed by atoms with van der Waals surface area (Å²) in [7, 11) is 3.82. The zero-order valence-corrected chi connectivity index (χ0v) is 10.2. The van der Waals surface area contributed by atoms with Crippen LogP contribution in [0, 0.1) is 5.41 Å². The van der Waals surface area contributed by atoms with Gasteiger partial charge in [0, 0.05) is 29.8 Å². The van der Waals surface area contributed by atoms with Gasteiger partial charge in [0.15, 0.2) is 0 Å². The van der Waals surface area contributed by atoms with Gasteiger partial charge >= 0.3 is 0 Å². The average molecular weight is 220 g/mol. The zero-order chi connectivity index (χ0) is 11.0. The van der Waals surface area contributed by atoms with Crippen LogP contribution in [-0.4, -0.2) is 30.1 Å². The fourth-order valence-electron chi connectivity index (χ4n) is 1.83. The van der Waals surface area contributed by atoms with Crippen molar-refractivity contribution in [3.63, 3.8) is 0 Å². The number of fused-ring (bicyclic) bond motifs is 1. The van der Waals surface area contributed by atoms with Gasteiger partial charge in [-0.05, 0) is 24.1 Å². The Morgan fingerprint density at radius 2 is 2.20 bits per heavy atom. The third-order valence-electron chi connectivity index (χ3n) is 2.62. The van der Waals surface area contributed by atoms with E-state index in [1.165, 1.54) is 10.5 Å². The number of nitrogens with one attached hydrogen (secondary N) is 1. The molecule has 0 aliphatic carbocycles. The molecule has 0 spiro atoms. The summed E-state index contributed by atoms with van der Waals surface area (Å²) in [5.41, 5.74) is 2.42. The highest BCUT2D eigenvalue weighted by atomic mass is 32.2. The van der Waals surface area contributed by atoms with Gasteiger partial charge < -0.3 is 4.90 Å². The first-order chi connectivity index (χ1) is 7.08. The second-order valence-corrected chi connectivity index (χ2v) is 5.68. The number of amidine groups is 1. The summed E-state index contributed by atoms with van der Waals surface area (Å²) < 4.78 is 0. The molecule has 0 saturated carbocycles. The molecule has 0 radical (unpaired) electrons. The molecule has 2 rings (SSSR count). The standard InChI is InChI=1S/C12H16N2S/c1-8-6-10-7-9(12(13)14(2)3)4-5-11(10)15-8/h4-5,7-8,13H,6H2,1-3H3. The van der Waals surface area contributed by atoms with E-state index >= 15 is 0 Å². The van der Waals surface area contributed by atoms with E-state index in [0.29, 0.717) is 11.1 Å². The maximum absolute atomic E-state index is 7.92. The first kappa shape index (κ1) is 10.6. The molecule has 80 valence electrons. The maximum Gasteiger partial charge on any atom is 0.127 e. The molecule has 1 aromatic rings. The summed E-state index contributed by atoms with van der Waals surface area (Å²) in [6.07, 6.45) is 1.13. The molecule has 1 aliphatic heterocycles. The fourth-order valence-corrected chi connectivity index (χ4v) is 2.96. The molecule has 1 unspecified atom stereocenters. The van der Waals surface area contributed by atoms with Crippen LogP contribution < -0.4 is 0 Å². The third kappa shape index (κ3) is 2.02. The van der Waals surface area contributed by atoms with Crippen LogP contribution in [0.15, 0.2) is 23.1 Å². The highest BCUT2D eigenvalue weighted by molar-refractivity contribution is 8.00. The van der Waals surface area contributed by atoms with Crippen LogP contribution in [0.2, 0.25) is 0 Å². The number of thioether (sulfide) groups is 1. The van der Waals surface area contributed by atoms with Crippen molar-refractivity contribution in [2.45, 2.75) is 23.5 Å². The minimum Gasteiger partial charge on any atom is -0.363 e. The van der Waals surface area contributed by atoms with E-state index in [4.69, 9.17) is 5.41 Å².